The maximum Gasteiger partial charge on any atom is 0.238 e. The Hall–Kier alpha value is -3.37. The van der Waals surface area contributed by atoms with Crippen molar-refractivity contribution in [3.8, 4) is 5.75 Å². The van der Waals surface area contributed by atoms with Gasteiger partial charge in [0.15, 0.2) is 0 Å². The molecule has 8 nitrogen and oxygen atoms in total. The third-order valence-corrected chi connectivity index (χ3v) is 6.49. The Labute approximate surface area is 191 Å². The molecule has 3 N–H and O–H groups in total. The molecule has 2 aromatic heterocycles. The van der Waals surface area contributed by atoms with Gasteiger partial charge in [0.1, 0.15) is 11.6 Å². The fourth-order valence-electron chi connectivity index (χ4n) is 3.86. The summed E-state index contributed by atoms with van der Waals surface area (Å²) in [5, 5.41) is 7.78. The summed E-state index contributed by atoms with van der Waals surface area (Å²) in [4.78, 5) is 12.4. The van der Waals surface area contributed by atoms with Crippen LogP contribution >= 0.6 is 0 Å². The summed E-state index contributed by atoms with van der Waals surface area (Å²) in [5.41, 5.74) is 2.91. The fraction of sp³-hybridized carbons (Fsp3) is 0.261. The molecule has 1 aliphatic rings. The van der Waals surface area contributed by atoms with Crippen LogP contribution in [0.3, 0.4) is 0 Å². The maximum atomic E-state index is 14.2. The third-order valence-electron chi connectivity index (χ3n) is 5.58. The highest BCUT2D eigenvalue weighted by Crippen LogP contribution is 2.37. The number of primary sulfonamides is 1. The zero-order valence-corrected chi connectivity index (χ0v) is 18.8. The average Bonchev–Trinajstić information content (AvgIpc) is 3.23. The predicted octanol–water partition coefficient (Wildman–Crippen LogP) is 4.15. The molecule has 4 rings (SSSR count). The molecule has 172 valence electrons. The number of nitrogens with zero attached hydrogens (tertiary/aromatic N) is 3. The summed E-state index contributed by atoms with van der Waals surface area (Å²) in [6.07, 6.45) is 9.58. The molecule has 1 aromatic carbocycles. The Morgan fingerprint density at radius 2 is 1.97 bits per heavy atom. The van der Waals surface area contributed by atoms with Crippen molar-refractivity contribution < 1.29 is 17.5 Å². The molecular weight excluding hydrogens is 445 g/mol. The number of benzene rings is 1. The number of hydrogen-bond acceptors (Lipinski definition) is 7. The molecule has 10 heteroatoms. The van der Waals surface area contributed by atoms with Gasteiger partial charge in [-0.25, -0.2) is 27.9 Å². The van der Waals surface area contributed by atoms with Gasteiger partial charge < -0.3 is 10.1 Å². The molecule has 2 atom stereocenters. The Balaban J connectivity index is 1.40. The molecule has 1 aliphatic carbocycles. The van der Waals surface area contributed by atoms with Crippen molar-refractivity contribution >= 4 is 27.2 Å². The smallest absolute Gasteiger partial charge is 0.238 e. The molecule has 0 bridgehead atoms. The number of allylic oxidation sites excluding steroid dienone is 1. The van der Waals surface area contributed by atoms with Crippen LogP contribution in [0.4, 0.5) is 16.0 Å². The number of anilines is 2. The first kappa shape index (κ1) is 22.8. The van der Waals surface area contributed by atoms with Crippen LogP contribution < -0.4 is 15.2 Å². The zero-order valence-electron chi connectivity index (χ0n) is 18.0. The topological polar surface area (TPSA) is 120 Å². The van der Waals surface area contributed by atoms with Gasteiger partial charge in [-0.15, -0.1) is 0 Å². The van der Waals surface area contributed by atoms with Gasteiger partial charge in [0, 0.05) is 24.2 Å². The molecule has 3 aromatic rings. The van der Waals surface area contributed by atoms with E-state index in [-0.39, 0.29) is 28.6 Å². The van der Waals surface area contributed by atoms with E-state index in [0.29, 0.717) is 0 Å². The van der Waals surface area contributed by atoms with E-state index >= 15 is 0 Å². The van der Waals surface area contributed by atoms with Crippen LogP contribution in [-0.4, -0.2) is 29.5 Å². The molecule has 0 spiro atoms. The minimum absolute atomic E-state index is 0.0502. The number of nitrogens with one attached hydrogen (secondary N) is 1. The van der Waals surface area contributed by atoms with Gasteiger partial charge in [0.05, 0.1) is 22.9 Å². The number of hydrogen-bond donors (Lipinski definition) is 2. The van der Waals surface area contributed by atoms with Gasteiger partial charge >= 0.3 is 0 Å². The van der Waals surface area contributed by atoms with Gasteiger partial charge in [0.2, 0.25) is 16.0 Å². The van der Waals surface area contributed by atoms with E-state index in [9.17, 15) is 12.8 Å². The number of ether oxygens (including phenoxy) is 1. The Bertz CT molecular complexity index is 1280. The monoisotopic (exact) mass is 469 g/mol. The first-order chi connectivity index (χ1) is 15.7. The quantitative estimate of drug-likeness (QED) is 0.533. The number of pyridine rings is 1. The SMILES string of the molecule is C=C(C)c1ccncc1O[C@H]1CC[C@@H](c2cnc(Nc3ccc(S(N)(=O)=O)cc3F)nc2)C1. The van der Waals surface area contributed by atoms with Crippen LogP contribution in [0.15, 0.2) is 60.5 Å². The Morgan fingerprint density at radius 3 is 2.64 bits per heavy atom. The highest BCUT2D eigenvalue weighted by molar-refractivity contribution is 7.89. The molecule has 0 amide bonds. The van der Waals surface area contributed by atoms with Gasteiger partial charge in [-0.1, -0.05) is 6.58 Å². The van der Waals surface area contributed by atoms with Gasteiger partial charge in [-0.05, 0) is 67.5 Å². The summed E-state index contributed by atoms with van der Waals surface area (Å²) in [7, 11) is -3.98. The standard InChI is InChI=1S/C23H24FN5O3S/c1-14(2)19-7-8-26-13-22(19)32-17-4-3-15(9-17)16-11-27-23(28-12-16)29-21-6-5-18(10-20(21)24)33(25,30)31/h5-8,10-13,15,17H,1,3-4,9H2,2H3,(H2,25,30,31)(H,27,28,29)/t15-,17+/m1/s1. The van der Waals surface area contributed by atoms with Crippen LogP contribution in [0.2, 0.25) is 0 Å². The van der Waals surface area contributed by atoms with E-state index in [2.05, 4.69) is 26.8 Å². The minimum atomic E-state index is -3.98. The number of nitrogens with two attached hydrogens (primary N) is 1. The molecule has 1 saturated carbocycles. The lowest BCUT2D eigenvalue weighted by atomic mass is 10.0. The van der Waals surface area contributed by atoms with Crippen LogP contribution in [0, 0.1) is 5.82 Å². The first-order valence-electron chi connectivity index (χ1n) is 10.4. The highest BCUT2D eigenvalue weighted by atomic mass is 32.2. The lowest BCUT2D eigenvalue weighted by molar-refractivity contribution is 0.206. The molecular formula is C23H24FN5O3S. The van der Waals surface area contributed by atoms with E-state index in [1.165, 1.54) is 12.1 Å². The summed E-state index contributed by atoms with van der Waals surface area (Å²) in [6.45, 7) is 5.93. The molecule has 33 heavy (non-hydrogen) atoms. The average molecular weight is 470 g/mol. The molecule has 2 heterocycles. The van der Waals surface area contributed by atoms with E-state index < -0.39 is 15.8 Å². The fourth-order valence-corrected chi connectivity index (χ4v) is 4.39. The van der Waals surface area contributed by atoms with Crippen molar-refractivity contribution in [3.05, 3.63) is 72.6 Å². The van der Waals surface area contributed by atoms with E-state index in [1.807, 2.05) is 13.0 Å². The van der Waals surface area contributed by atoms with Crippen molar-refractivity contribution in [2.24, 2.45) is 5.14 Å². The normalized spacial score (nSPS) is 18.2. The third kappa shape index (κ3) is 5.35. The number of sulfonamides is 1. The van der Waals surface area contributed by atoms with Crippen molar-refractivity contribution in [3.63, 3.8) is 0 Å². The molecule has 0 aliphatic heterocycles. The van der Waals surface area contributed by atoms with Gasteiger partial charge in [-0.2, -0.15) is 0 Å². The zero-order chi connectivity index (χ0) is 23.6. The van der Waals surface area contributed by atoms with Gasteiger partial charge in [0.25, 0.3) is 0 Å². The molecule has 0 unspecified atom stereocenters. The van der Waals surface area contributed by atoms with Crippen molar-refractivity contribution in [2.45, 2.75) is 43.1 Å². The second kappa shape index (κ2) is 9.24. The Kier molecular flexibility index (Phi) is 6.39. The number of rotatable bonds is 7. The van der Waals surface area contributed by atoms with Crippen molar-refractivity contribution in [2.75, 3.05) is 5.32 Å². The number of halogens is 1. The van der Waals surface area contributed by atoms with Crippen LogP contribution in [-0.2, 0) is 10.0 Å². The van der Waals surface area contributed by atoms with Gasteiger partial charge in [-0.3, -0.25) is 4.98 Å². The second-order valence-electron chi connectivity index (χ2n) is 8.05. The minimum Gasteiger partial charge on any atom is -0.488 e. The van der Waals surface area contributed by atoms with Crippen LogP contribution in [0.25, 0.3) is 5.57 Å². The lowest BCUT2D eigenvalue weighted by Gasteiger charge is -2.17. The van der Waals surface area contributed by atoms with Crippen LogP contribution in [0.5, 0.6) is 5.75 Å². The summed E-state index contributed by atoms with van der Waals surface area (Å²) < 4.78 is 43.1. The second-order valence-corrected chi connectivity index (χ2v) is 9.62. The summed E-state index contributed by atoms with van der Waals surface area (Å²) >= 11 is 0. The van der Waals surface area contributed by atoms with Crippen LogP contribution in [0.1, 0.15) is 43.2 Å². The highest BCUT2D eigenvalue weighted by Gasteiger charge is 2.28. The van der Waals surface area contributed by atoms with Crippen molar-refractivity contribution in [1.29, 1.82) is 0 Å². The lowest BCUT2D eigenvalue weighted by Crippen LogP contribution is -2.13. The van der Waals surface area contributed by atoms with Crippen molar-refractivity contribution in [1.82, 2.24) is 15.0 Å². The Morgan fingerprint density at radius 1 is 1.21 bits per heavy atom. The van der Waals surface area contributed by atoms with E-state index in [1.54, 1.807) is 24.8 Å². The predicted molar refractivity (Wildman–Crippen MR) is 123 cm³/mol. The van der Waals surface area contributed by atoms with E-state index in [0.717, 1.165) is 47.8 Å². The first-order valence-corrected chi connectivity index (χ1v) is 11.9. The molecule has 0 saturated heterocycles. The summed E-state index contributed by atoms with van der Waals surface area (Å²) in [6, 6.07) is 5.25. The summed E-state index contributed by atoms with van der Waals surface area (Å²) in [5.74, 6) is 0.421. The molecule has 0 radical (unpaired) electrons. The maximum absolute atomic E-state index is 14.2. The largest absolute Gasteiger partial charge is 0.488 e. The number of aromatic nitrogens is 3. The molecule has 1 fully saturated rings. The van der Waals surface area contributed by atoms with E-state index in [4.69, 9.17) is 9.88 Å².